The molecule has 0 radical (unpaired) electrons. The minimum atomic E-state index is -1.23. The Kier molecular flexibility index (Phi) is 16.5. The monoisotopic (exact) mass is 885 g/mol. The van der Waals surface area contributed by atoms with Gasteiger partial charge >= 0.3 is 18.0 Å². The Bertz CT molecular complexity index is 2400. The zero-order valence-electron chi connectivity index (χ0n) is 37.5. The van der Waals surface area contributed by atoms with Gasteiger partial charge in [0.1, 0.15) is 36.4 Å². The normalized spacial score (nSPS) is 15.0. The van der Waals surface area contributed by atoms with Crippen molar-refractivity contribution in [2.45, 2.75) is 102 Å². The summed E-state index contributed by atoms with van der Waals surface area (Å²) in [7, 11) is 1.87. The maximum absolute atomic E-state index is 14.8. The summed E-state index contributed by atoms with van der Waals surface area (Å²) in [6, 6.07) is 32.5. The number of carbonyl (C=O) groups is 6. The first-order valence-electron chi connectivity index (χ1n) is 22.2. The molecule has 14 heteroatoms. The summed E-state index contributed by atoms with van der Waals surface area (Å²) in [6.07, 6.45) is 1.19. The zero-order valence-corrected chi connectivity index (χ0v) is 37.5. The summed E-state index contributed by atoms with van der Waals surface area (Å²) in [5.41, 5.74) is 2.80. The third kappa shape index (κ3) is 13.8. The van der Waals surface area contributed by atoms with Crippen molar-refractivity contribution in [1.82, 2.24) is 25.4 Å². The number of para-hydroxylation sites is 1. The molecule has 2 heterocycles. The maximum atomic E-state index is 14.8. The Morgan fingerprint density at radius 3 is 1.98 bits per heavy atom. The molecule has 14 nitrogen and oxygen atoms in total. The SMILES string of the molecule is Cn1c(C[C@H](NC(=O)[C@H](CCCCOC(=O)c2ccccc2)NC(=O)OC(C)(C)C)C(=O)N[C@@H](Cc2ccccc2)C(=O)N2CCC[C@@H]2C(=O)OCc2ccccc2)cc2ccccc21. The first-order chi connectivity index (χ1) is 31.3. The van der Waals surface area contributed by atoms with Crippen molar-refractivity contribution in [3.63, 3.8) is 0 Å². The summed E-state index contributed by atoms with van der Waals surface area (Å²) in [5, 5.41) is 9.49. The van der Waals surface area contributed by atoms with Gasteiger partial charge in [-0.25, -0.2) is 14.4 Å². The number of esters is 2. The van der Waals surface area contributed by atoms with Crippen LogP contribution in [0.25, 0.3) is 10.9 Å². The smallest absolute Gasteiger partial charge is 0.408 e. The quantitative estimate of drug-likeness (QED) is 0.0470. The molecule has 4 aromatic carbocycles. The first kappa shape index (κ1) is 47.5. The fourth-order valence-electron chi connectivity index (χ4n) is 7.85. The van der Waals surface area contributed by atoms with Gasteiger partial charge in [-0.1, -0.05) is 97.1 Å². The Balaban J connectivity index is 1.23. The van der Waals surface area contributed by atoms with Gasteiger partial charge in [-0.2, -0.15) is 0 Å². The number of aryl methyl sites for hydroxylation is 1. The van der Waals surface area contributed by atoms with Crippen LogP contribution in [-0.4, -0.2) is 88.1 Å². The van der Waals surface area contributed by atoms with Crippen LogP contribution in [0.1, 0.15) is 80.1 Å². The number of amides is 4. The number of hydrogen-bond donors (Lipinski definition) is 3. The van der Waals surface area contributed by atoms with Crippen molar-refractivity contribution < 1.29 is 43.0 Å². The van der Waals surface area contributed by atoms with Gasteiger partial charge in [0.25, 0.3) is 0 Å². The van der Waals surface area contributed by atoms with Gasteiger partial charge in [-0.05, 0) is 93.7 Å². The molecule has 4 atom stereocenters. The Morgan fingerprint density at radius 1 is 0.692 bits per heavy atom. The van der Waals surface area contributed by atoms with Crippen molar-refractivity contribution in [3.8, 4) is 0 Å². The van der Waals surface area contributed by atoms with Crippen molar-refractivity contribution in [3.05, 3.63) is 144 Å². The molecule has 1 saturated heterocycles. The van der Waals surface area contributed by atoms with Crippen molar-refractivity contribution in [1.29, 1.82) is 0 Å². The van der Waals surface area contributed by atoms with Crippen LogP contribution in [0, 0.1) is 0 Å². The molecule has 0 unspecified atom stereocenters. The van der Waals surface area contributed by atoms with Gasteiger partial charge in [0.15, 0.2) is 0 Å². The molecule has 1 fully saturated rings. The van der Waals surface area contributed by atoms with Crippen LogP contribution in [0.3, 0.4) is 0 Å². The zero-order chi connectivity index (χ0) is 46.3. The summed E-state index contributed by atoms with van der Waals surface area (Å²) in [4.78, 5) is 84.4. The molecule has 1 aliphatic heterocycles. The number of rotatable bonds is 19. The highest BCUT2D eigenvalue weighted by Gasteiger charge is 2.40. The van der Waals surface area contributed by atoms with Crippen LogP contribution in [0.2, 0.25) is 0 Å². The van der Waals surface area contributed by atoms with Crippen LogP contribution in [0.5, 0.6) is 0 Å². The molecule has 1 aromatic heterocycles. The van der Waals surface area contributed by atoms with E-state index in [0.717, 1.165) is 27.7 Å². The fourth-order valence-corrected chi connectivity index (χ4v) is 7.85. The van der Waals surface area contributed by atoms with Crippen LogP contribution in [-0.2, 0) is 59.9 Å². The van der Waals surface area contributed by atoms with Gasteiger partial charge in [-0.15, -0.1) is 0 Å². The number of alkyl carbamates (subject to hydrolysis) is 1. The standard InChI is InChI=1S/C51H59N5O9/c1-51(2,3)65-50(62)54-40(26-16-17-30-63-48(60)37-23-12-7-13-24-37)45(57)52-41(33-39-32-38-25-14-15-27-43(38)55(39)4)46(58)53-42(31-35-19-8-5-9-20-35)47(59)56-29-18-28-44(56)49(61)64-34-36-21-10-6-11-22-36/h5-15,19-25,27,32,40-42,44H,16-18,26,28-31,33-34H2,1-4H3,(H,52,57)(H,53,58)(H,54,62)/t40-,41-,42-,44+/m0/s1. The number of hydrogen-bond acceptors (Lipinski definition) is 9. The molecule has 342 valence electrons. The third-order valence-electron chi connectivity index (χ3n) is 11.2. The highest BCUT2D eigenvalue weighted by molar-refractivity contribution is 5.95. The lowest BCUT2D eigenvalue weighted by Gasteiger charge is -2.30. The average Bonchev–Trinajstić information content (AvgIpc) is 3.92. The predicted molar refractivity (Wildman–Crippen MR) is 245 cm³/mol. The Morgan fingerprint density at radius 2 is 1.31 bits per heavy atom. The summed E-state index contributed by atoms with van der Waals surface area (Å²) >= 11 is 0. The second kappa shape index (κ2) is 22.6. The minimum absolute atomic E-state index is 0.0295. The molecule has 5 aromatic rings. The Hall–Kier alpha value is -6.96. The number of carbonyl (C=O) groups excluding carboxylic acids is 6. The molecule has 0 saturated carbocycles. The van der Waals surface area contributed by atoms with E-state index in [4.69, 9.17) is 14.2 Å². The topological polar surface area (TPSA) is 174 Å². The number of likely N-dealkylation sites (tertiary alicyclic amines) is 1. The predicted octanol–water partition coefficient (Wildman–Crippen LogP) is 6.59. The van der Waals surface area contributed by atoms with E-state index in [1.807, 2.05) is 103 Å². The molecule has 0 spiro atoms. The largest absolute Gasteiger partial charge is 0.462 e. The summed E-state index contributed by atoms with van der Waals surface area (Å²) < 4.78 is 18.6. The molecule has 0 bridgehead atoms. The minimum Gasteiger partial charge on any atom is -0.462 e. The number of ether oxygens (including phenoxy) is 3. The molecular weight excluding hydrogens is 827 g/mol. The summed E-state index contributed by atoms with van der Waals surface area (Å²) in [5.74, 6) is -2.73. The van der Waals surface area contributed by atoms with Crippen molar-refractivity contribution in [2.75, 3.05) is 13.2 Å². The van der Waals surface area contributed by atoms with E-state index in [-0.39, 0.29) is 32.5 Å². The molecule has 1 aliphatic rings. The van der Waals surface area contributed by atoms with Gasteiger partial charge in [-0.3, -0.25) is 14.4 Å². The van der Waals surface area contributed by atoms with Gasteiger partial charge in [0.05, 0.1) is 12.2 Å². The summed E-state index contributed by atoms with van der Waals surface area (Å²) in [6.45, 7) is 5.56. The maximum Gasteiger partial charge on any atom is 0.408 e. The number of fused-ring (bicyclic) bond motifs is 1. The highest BCUT2D eigenvalue weighted by Crippen LogP contribution is 2.23. The van der Waals surface area contributed by atoms with Crippen LogP contribution in [0.15, 0.2) is 121 Å². The number of aromatic nitrogens is 1. The molecule has 3 N–H and O–H groups in total. The van der Waals surface area contributed by atoms with Crippen LogP contribution < -0.4 is 16.0 Å². The average molecular weight is 886 g/mol. The molecule has 65 heavy (non-hydrogen) atoms. The molecule has 6 rings (SSSR count). The van der Waals surface area contributed by atoms with Crippen LogP contribution in [0.4, 0.5) is 4.79 Å². The van der Waals surface area contributed by atoms with Crippen LogP contribution >= 0.6 is 0 Å². The van der Waals surface area contributed by atoms with E-state index < -0.39 is 65.5 Å². The van der Waals surface area contributed by atoms with E-state index in [0.29, 0.717) is 37.8 Å². The van der Waals surface area contributed by atoms with E-state index in [9.17, 15) is 28.8 Å². The number of nitrogens with zero attached hydrogens (tertiary/aromatic N) is 2. The lowest BCUT2D eigenvalue weighted by Crippen LogP contribution is -2.59. The van der Waals surface area contributed by atoms with E-state index in [1.54, 1.807) is 51.1 Å². The van der Waals surface area contributed by atoms with E-state index in [2.05, 4.69) is 16.0 Å². The van der Waals surface area contributed by atoms with Gasteiger partial charge < -0.3 is 39.6 Å². The number of nitrogens with one attached hydrogen (secondary N) is 3. The van der Waals surface area contributed by atoms with Gasteiger partial charge in [0.2, 0.25) is 17.7 Å². The first-order valence-corrected chi connectivity index (χ1v) is 22.2. The molecular formula is C51H59N5O9. The molecule has 0 aliphatic carbocycles. The highest BCUT2D eigenvalue weighted by atomic mass is 16.6. The lowest BCUT2D eigenvalue weighted by atomic mass is 10.0. The van der Waals surface area contributed by atoms with Crippen molar-refractivity contribution >= 4 is 46.7 Å². The van der Waals surface area contributed by atoms with E-state index >= 15 is 0 Å². The fraction of sp³-hybridized carbons (Fsp3) is 0.373. The number of benzene rings is 4. The molecule has 4 amide bonds. The van der Waals surface area contributed by atoms with Crippen molar-refractivity contribution in [2.24, 2.45) is 7.05 Å². The second-order valence-electron chi connectivity index (χ2n) is 17.2. The second-order valence-corrected chi connectivity index (χ2v) is 17.2. The van der Waals surface area contributed by atoms with E-state index in [1.165, 1.54) is 4.90 Å². The number of unbranched alkanes of at least 4 members (excludes halogenated alkanes) is 1. The third-order valence-corrected chi connectivity index (χ3v) is 11.2. The van der Waals surface area contributed by atoms with Gasteiger partial charge in [0, 0.05) is 37.6 Å². The lowest BCUT2D eigenvalue weighted by molar-refractivity contribution is -0.155. The Labute approximate surface area is 380 Å².